The maximum atomic E-state index is 11.5. The SMILES string of the molecule is O=C(NC=NNC1=NCCS1)c1cnccn1. The molecule has 1 aromatic heterocycles. The summed E-state index contributed by atoms with van der Waals surface area (Å²) in [6.07, 6.45) is 5.60. The summed E-state index contributed by atoms with van der Waals surface area (Å²) in [7, 11) is 0. The number of amidine groups is 1. The summed E-state index contributed by atoms with van der Waals surface area (Å²) in [6.45, 7) is 0.800. The summed E-state index contributed by atoms with van der Waals surface area (Å²) in [5.41, 5.74) is 2.96. The van der Waals surface area contributed by atoms with E-state index in [1.165, 1.54) is 24.9 Å². The number of amides is 1. The first-order valence-corrected chi connectivity index (χ1v) is 5.86. The van der Waals surface area contributed by atoms with Gasteiger partial charge in [0.2, 0.25) is 0 Å². The van der Waals surface area contributed by atoms with Crippen LogP contribution >= 0.6 is 11.8 Å². The van der Waals surface area contributed by atoms with Gasteiger partial charge in [0.15, 0.2) is 5.17 Å². The molecule has 0 radical (unpaired) electrons. The van der Waals surface area contributed by atoms with E-state index in [0.29, 0.717) is 0 Å². The molecule has 1 amide bonds. The molecule has 8 heteroatoms. The van der Waals surface area contributed by atoms with E-state index in [0.717, 1.165) is 17.5 Å². The van der Waals surface area contributed by atoms with Gasteiger partial charge in [-0.2, -0.15) is 5.10 Å². The topological polar surface area (TPSA) is 91.6 Å². The highest BCUT2D eigenvalue weighted by molar-refractivity contribution is 8.14. The molecule has 0 saturated heterocycles. The minimum atomic E-state index is -0.357. The van der Waals surface area contributed by atoms with E-state index in [9.17, 15) is 4.79 Å². The predicted octanol–water partition coefficient (Wildman–Crippen LogP) is -0.158. The number of hydrogen-bond acceptors (Lipinski definition) is 7. The average molecular weight is 250 g/mol. The molecule has 2 N–H and O–H groups in total. The summed E-state index contributed by atoms with van der Waals surface area (Å²) in [4.78, 5) is 23.2. The van der Waals surface area contributed by atoms with E-state index in [1.807, 2.05) is 0 Å². The number of hydrazone groups is 1. The number of carbonyl (C=O) groups excluding carboxylic acids is 1. The highest BCUT2D eigenvalue weighted by Gasteiger charge is 2.05. The van der Waals surface area contributed by atoms with Crippen molar-refractivity contribution in [3.05, 3.63) is 24.3 Å². The van der Waals surface area contributed by atoms with Crippen molar-refractivity contribution in [2.75, 3.05) is 12.3 Å². The average Bonchev–Trinajstić information content (AvgIpc) is 2.88. The first-order valence-electron chi connectivity index (χ1n) is 4.88. The largest absolute Gasteiger partial charge is 0.310 e. The Morgan fingerprint density at radius 2 is 2.47 bits per heavy atom. The van der Waals surface area contributed by atoms with Crippen molar-refractivity contribution in [3.63, 3.8) is 0 Å². The molecule has 1 aromatic rings. The molecule has 0 saturated carbocycles. The molecule has 0 unspecified atom stereocenters. The second kappa shape index (κ2) is 5.94. The molecule has 7 nitrogen and oxygen atoms in total. The Labute approximate surface area is 102 Å². The Bertz CT molecular complexity index is 446. The molecule has 1 aliphatic heterocycles. The number of rotatable bonds is 3. The zero-order valence-electron chi connectivity index (χ0n) is 8.83. The summed E-state index contributed by atoms with van der Waals surface area (Å²) in [6, 6.07) is 0. The van der Waals surface area contributed by atoms with Gasteiger partial charge in [-0.1, -0.05) is 11.8 Å². The molecule has 0 fully saturated rings. The van der Waals surface area contributed by atoms with Crippen molar-refractivity contribution in [1.82, 2.24) is 20.7 Å². The van der Waals surface area contributed by atoms with Gasteiger partial charge in [0.1, 0.15) is 12.0 Å². The fourth-order valence-electron chi connectivity index (χ4n) is 1.07. The molecule has 88 valence electrons. The molecule has 0 aliphatic carbocycles. The first-order chi connectivity index (χ1) is 8.36. The van der Waals surface area contributed by atoms with Crippen LogP contribution in [0.4, 0.5) is 0 Å². The minimum absolute atomic E-state index is 0.242. The number of nitrogens with one attached hydrogen (secondary N) is 2. The van der Waals surface area contributed by atoms with Crippen LogP contribution in [-0.4, -0.2) is 39.7 Å². The van der Waals surface area contributed by atoms with E-state index >= 15 is 0 Å². The lowest BCUT2D eigenvalue weighted by molar-refractivity contribution is 0.0973. The lowest BCUT2D eigenvalue weighted by atomic mass is 10.4. The lowest BCUT2D eigenvalue weighted by Crippen LogP contribution is -2.24. The summed E-state index contributed by atoms with van der Waals surface area (Å²) in [5, 5.41) is 7.03. The molecule has 17 heavy (non-hydrogen) atoms. The Morgan fingerprint density at radius 3 is 3.18 bits per heavy atom. The van der Waals surface area contributed by atoms with Crippen LogP contribution in [0.3, 0.4) is 0 Å². The number of aliphatic imine (C=N–C) groups is 1. The molecule has 2 heterocycles. The normalized spacial score (nSPS) is 14.7. The van der Waals surface area contributed by atoms with Crippen molar-refractivity contribution in [3.8, 4) is 0 Å². The Kier molecular flexibility index (Phi) is 4.03. The molecule has 0 atom stereocenters. The maximum absolute atomic E-state index is 11.5. The van der Waals surface area contributed by atoms with Crippen LogP contribution in [0.25, 0.3) is 0 Å². The van der Waals surface area contributed by atoms with Crippen molar-refractivity contribution in [2.45, 2.75) is 0 Å². The fraction of sp³-hybridized carbons (Fsp3) is 0.222. The predicted molar refractivity (Wildman–Crippen MR) is 65.9 cm³/mol. The van der Waals surface area contributed by atoms with Crippen LogP contribution in [0.2, 0.25) is 0 Å². The molecule has 0 spiro atoms. The zero-order chi connectivity index (χ0) is 11.9. The van der Waals surface area contributed by atoms with Crippen molar-refractivity contribution < 1.29 is 4.79 Å². The van der Waals surface area contributed by atoms with E-state index in [-0.39, 0.29) is 11.6 Å². The Balaban J connectivity index is 1.78. The molecule has 1 aliphatic rings. The summed E-state index contributed by atoms with van der Waals surface area (Å²) < 4.78 is 0. The number of aromatic nitrogens is 2. The molecular weight excluding hydrogens is 240 g/mol. The second-order valence-electron chi connectivity index (χ2n) is 2.97. The van der Waals surface area contributed by atoms with Crippen LogP contribution in [0, 0.1) is 0 Å². The smallest absolute Gasteiger partial charge is 0.276 e. The van der Waals surface area contributed by atoms with E-state index in [2.05, 4.69) is 30.8 Å². The van der Waals surface area contributed by atoms with Crippen LogP contribution < -0.4 is 10.7 Å². The highest BCUT2D eigenvalue weighted by atomic mass is 32.2. The van der Waals surface area contributed by atoms with E-state index in [1.54, 1.807) is 11.8 Å². The summed E-state index contributed by atoms with van der Waals surface area (Å²) >= 11 is 1.59. The monoisotopic (exact) mass is 250 g/mol. The van der Waals surface area contributed by atoms with E-state index < -0.39 is 0 Å². The Hall–Kier alpha value is -1.96. The van der Waals surface area contributed by atoms with Gasteiger partial charge < -0.3 is 5.32 Å². The molecule has 2 rings (SSSR count). The number of carbonyl (C=O) groups is 1. The van der Waals surface area contributed by atoms with Gasteiger partial charge >= 0.3 is 0 Å². The molecule has 0 aromatic carbocycles. The van der Waals surface area contributed by atoms with Crippen LogP contribution in [0.5, 0.6) is 0 Å². The van der Waals surface area contributed by atoms with Gasteiger partial charge in [-0.15, -0.1) is 0 Å². The molecular formula is C9H10N6OS. The third-order valence-corrected chi connectivity index (χ3v) is 2.68. The third kappa shape index (κ3) is 3.52. The van der Waals surface area contributed by atoms with Crippen LogP contribution in [-0.2, 0) is 0 Å². The quantitative estimate of drug-likeness (QED) is 0.442. The number of hydrogen-bond donors (Lipinski definition) is 2. The summed E-state index contributed by atoms with van der Waals surface area (Å²) in [5.74, 6) is 0.605. The van der Waals surface area contributed by atoms with Crippen LogP contribution in [0.1, 0.15) is 10.5 Å². The van der Waals surface area contributed by atoms with Gasteiger partial charge in [0, 0.05) is 18.1 Å². The lowest BCUT2D eigenvalue weighted by Gasteiger charge is -1.98. The van der Waals surface area contributed by atoms with Crippen molar-refractivity contribution >= 4 is 29.2 Å². The standard InChI is InChI=1S/C9H10N6OS/c16-8(7-5-10-1-2-11-7)13-6-14-15-9-12-3-4-17-9/h1-2,5-6H,3-4H2,(H,12,15)(H,13,14,16). The highest BCUT2D eigenvalue weighted by Crippen LogP contribution is 2.08. The molecule has 0 bridgehead atoms. The number of nitrogens with zero attached hydrogens (tertiary/aromatic N) is 4. The van der Waals surface area contributed by atoms with Crippen LogP contribution in [0.15, 0.2) is 28.7 Å². The van der Waals surface area contributed by atoms with Gasteiger partial charge in [-0.3, -0.25) is 20.2 Å². The van der Waals surface area contributed by atoms with Gasteiger partial charge in [-0.25, -0.2) is 4.98 Å². The Morgan fingerprint density at radius 1 is 1.53 bits per heavy atom. The first kappa shape index (κ1) is 11.5. The van der Waals surface area contributed by atoms with Gasteiger partial charge in [0.05, 0.1) is 12.7 Å². The second-order valence-corrected chi connectivity index (χ2v) is 4.05. The zero-order valence-corrected chi connectivity index (χ0v) is 9.65. The van der Waals surface area contributed by atoms with Crippen molar-refractivity contribution in [2.24, 2.45) is 10.1 Å². The van der Waals surface area contributed by atoms with E-state index in [4.69, 9.17) is 0 Å². The minimum Gasteiger partial charge on any atom is -0.310 e. The third-order valence-electron chi connectivity index (χ3n) is 1.80. The van der Waals surface area contributed by atoms with Crippen molar-refractivity contribution in [1.29, 1.82) is 0 Å². The maximum Gasteiger partial charge on any atom is 0.276 e. The van der Waals surface area contributed by atoms with Gasteiger partial charge in [0.25, 0.3) is 5.91 Å². The fourth-order valence-corrected chi connectivity index (χ4v) is 1.75. The van der Waals surface area contributed by atoms with Gasteiger partial charge in [-0.05, 0) is 0 Å². The number of thioether (sulfide) groups is 1.